The number of nitrogens with one attached hydrogen (secondary N) is 2. The molecule has 1 aliphatic carbocycles. The zero-order chi connectivity index (χ0) is 15.9. The van der Waals surface area contributed by atoms with Crippen LogP contribution in [0.5, 0.6) is 0 Å². The van der Waals surface area contributed by atoms with Crippen molar-refractivity contribution >= 4 is 22.7 Å². The van der Waals surface area contributed by atoms with E-state index >= 15 is 0 Å². The van der Waals surface area contributed by atoms with Crippen molar-refractivity contribution in [2.24, 2.45) is 0 Å². The Balaban J connectivity index is 1.70. The second kappa shape index (κ2) is 5.05. The minimum absolute atomic E-state index is 0.117. The molecule has 0 aromatic carbocycles. The van der Waals surface area contributed by atoms with Crippen LogP contribution >= 0.6 is 0 Å². The number of hydrogen-bond acceptors (Lipinski definition) is 5. The van der Waals surface area contributed by atoms with Crippen LogP contribution in [0.25, 0.3) is 16.8 Å². The van der Waals surface area contributed by atoms with Crippen molar-refractivity contribution < 1.29 is 4.79 Å². The average molecular weight is 309 g/mol. The van der Waals surface area contributed by atoms with E-state index in [0.29, 0.717) is 12.1 Å². The van der Waals surface area contributed by atoms with Crippen LogP contribution in [0.15, 0.2) is 18.5 Å². The molecular formula is C15H15N7O. The van der Waals surface area contributed by atoms with Crippen LogP contribution in [0, 0.1) is 11.3 Å². The van der Waals surface area contributed by atoms with Gasteiger partial charge in [0.25, 0.3) is 0 Å². The minimum atomic E-state index is -0.317. The Morgan fingerprint density at radius 3 is 3.09 bits per heavy atom. The lowest BCUT2D eigenvalue weighted by atomic mass is 9.74. The summed E-state index contributed by atoms with van der Waals surface area (Å²) < 4.78 is 1.97. The molecule has 0 unspecified atom stereocenters. The predicted molar refractivity (Wildman–Crippen MR) is 81.3 cm³/mol. The van der Waals surface area contributed by atoms with Gasteiger partial charge in [-0.1, -0.05) is 0 Å². The summed E-state index contributed by atoms with van der Waals surface area (Å²) in [6, 6.07) is 3.82. The number of carbonyl (C=O) groups is 1. The van der Waals surface area contributed by atoms with Crippen molar-refractivity contribution in [1.29, 1.82) is 5.26 Å². The number of rotatable bonds is 4. The van der Waals surface area contributed by atoms with Crippen LogP contribution in [0.1, 0.15) is 31.5 Å². The molecule has 0 saturated heterocycles. The van der Waals surface area contributed by atoms with E-state index in [0.717, 1.165) is 36.3 Å². The van der Waals surface area contributed by atoms with Gasteiger partial charge in [0.2, 0.25) is 5.91 Å². The van der Waals surface area contributed by atoms with Gasteiger partial charge in [-0.05, 0) is 25.3 Å². The summed E-state index contributed by atoms with van der Waals surface area (Å²) in [5, 5.41) is 20.1. The Morgan fingerprint density at radius 1 is 1.48 bits per heavy atom. The molecule has 2 N–H and O–H groups in total. The van der Waals surface area contributed by atoms with Crippen LogP contribution < -0.4 is 5.32 Å². The maximum absolute atomic E-state index is 11.8. The van der Waals surface area contributed by atoms with Crippen molar-refractivity contribution in [2.45, 2.75) is 37.6 Å². The maximum Gasteiger partial charge on any atom is 0.234 e. The molecule has 0 atom stereocenters. The third-order valence-corrected chi connectivity index (χ3v) is 4.46. The second-order valence-electron chi connectivity index (χ2n) is 5.97. The van der Waals surface area contributed by atoms with Gasteiger partial charge >= 0.3 is 0 Å². The number of aromatic amines is 1. The molecule has 1 amide bonds. The van der Waals surface area contributed by atoms with E-state index in [1.165, 1.54) is 0 Å². The molecule has 4 rings (SSSR count). The van der Waals surface area contributed by atoms with E-state index in [4.69, 9.17) is 5.26 Å². The third-order valence-electron chi connectivity index (χ3n) is 4.46. The number of nitrogens with zero attached hydrogens (tertiary/aromatic N) is 5. The fraction of sp³-hybridized carbons (Fsp3) is 0.400. The van der Waals surface area contributed by atoms with E-state index in [-0.39, 0.29) is 17.9 Å². The molecule has 1 fully saturated rings. The molecule has 116 valence electrons. The van der Waals surface area contributed by atoms with E-state index < -0.39 is 0 Å². The van der Waals surface area contributed by atoms with Gasteiger partial charge in [0, 0.05) is 18.2 Å². The molecule has 3 aromatic heterocycles. The van der Waals surface area contributed by atoms with Crippen molar-refractivity contribution in [3.8, 4) is 6.07 Å². The van der Waals surface area contributed by atoms with Crippen LogP contribution in [-0.2, 0) is 11.2 Å². The van der Waals surface area contributed by atoms with Gasteiger partial charge in [-0.2, -0.15) is 5.26 Å². The zero-order valence-electron chi connectivity index (χ0n) is 12.4. The van der Waals surface area contributed by atoms with Gasteiger partial charge < -0.3 is 10.3 Å². The number of carbonyl (C=O) groups excluding carboxylic acids is 1. The van der Waals surface area contributed by atoms with Gasteiger partial charge in [0.1, 0.15) is 12.2 Å². The first-order valence-corrected chi connectivity index (χ1v) is 7.55. The molecule has 3 heterocycles. The maximum atomic E-state index is 11.8. The Hall–Kier alpha value is -2.95. The average Bonchev–Trinajstić information content (AvgIpc) is 3.10. The molecule has 8 nitrogen and oxygen atoms in total. The molecule has 3 aromatic rings. The molecule has 1 saturated carbocycles. The minimum Gasteiger partial charge on any atom is -0.349 e. The fourth-order valence-electron chi connectivity index (χ4n) is 3.21. The summed E-state index contributed by atoms with van der Waals surface area (Å²) in [7, 11) is 0. The molecule has 0 aliphatic heterocycles. The lowest BCUT2D eigenvalue weighted by molar-refractivity contribution is -0.123. The Bertz CT molecular complexity index is 928. The van der Waals surface area contributed by atoms with E-state index in [9.17, 15) is 4.79 Å². The van der Waals surface area contributed by atoms with E-state index in [1.807, 2.05) is 22.7 Å². The van der Waals surface area contributed by atoms with Gasteiger partial charge in [-0.25, -0.2) is 4.98 Å². The molecule has 0 bridgehead atoms. The van der Waals surface area contributed by atoms with Crippen LogP contribution in [0.4, 0.5) is 0 Å². The van der Waals surface area contributed by atoms with Crippen molar-refractivity contribution in [2.75, 3.05) is 0 Å². The quantitative estimate of drug-likeness (QED) is 0.749. The first-order valence-electron chi connectivity index (χ1n) is 7.55. The van der Waals surface area contributed by atoms with Gasteiger partial charge in [-0.15, -0.1) is 10.2 Å². The fourth-order valence-corrected chi connectivity index (χ4v) is 3.21. The highest BCUT2D eigenvalue weighted by molar-refractivity contribution is 5.79. The summed E-state index contributed by atoms with van der Waals surface area (Å²) in [4.78, 5) is 19.2. The van der Waals surface area contributed by atoms with E-state index in [1.54, 1.807) is 6.20 Å². The first-order chi connectivity index (χ1) is 11.2. The van der Waals surface area contributed by atoms with Gasteiger partial charge in [-0.3, -0.25) is 9.20 Å². The van der Waals surface area contributed by atoms with Crippen molar-refractivity contribution in [3.05, 3.63) is 24.3 Å². The number of nitriles is 1. The second-order valence-corrected chi connectivity index (χ2v) is 5.97. The Kier molecular flexibility index (Phi) is 3.01. The number of aromatic nitrogens is 5. The van der Waals surface area contributed by atoms with E-state index in [2.05, 4.69) is 25.5 Å². The smallest absolute Gasteiger partial charge is 0.234 e. The Morgan fingerprint density at radius 2 is 2.35 bits per heavy atom. The van der Waals surface area contributed by atoms with Crippen LogP contribution in [0.3, 0.4) is 0 Å². The van der Waals surface area contributed by atoms with Gasteiger partial charge in [0.05, 0.1) is 17.8 Å². The molecule has 1 aliphatic rings. The summed E-state index contributed by atoms with van der Waals surface area (Å²) in [6.45, 7) is 0. The standard InChI is InChI=1S/C15H15N7O/c16-6-2-13(23)19-15(4-1-5-15)8-11-20-21-12-9-18-14-10(22(11)12)3-7-17-14/h3,7,9,17H,1-2,4-5,8H2,(H,19,23). The number of hydrogen-bond donors (Lipinski definition) is 2. The summed E-state index contributed by atoms with van der Waals surface area (Å²) >= 11 is 0. The molecule has 0 spiro atoms. The largest absolute Gasteiger partial charge is 0.349 e. The molecule has 8 heteroatoms. The predicted octanol–water partition coefficient (Wildman–Crippen LogP) is 1.10. The molecule has 23 heavy (non-hydrogen) atoms. The van der Waals surface area contributed by atoms with Crippen molar-refractivity contribution in [1.82, 2.24) is 29.9 Å². The molecular weight excluding hydrogens is 294 g/mol. The first kappa shape index (κ1) is 13.7. The number of amides is 1. The monoisotopic (exact) mass is 309 g/mol. The van der Waals surface area contributed by atoms with Gasteiger partial charge in [0.15, 0.2) is 11.3 Å². The summed E-state index contributed by atoms with van der Waals surface area (Å²) in [5.74, 6) is 0.568. The van der Waals surface area contributed by atoms with Crippen LogP contribution in [-0.4, -0.2) is 36.0 Å². The third kappa shape index (κ3) is 2.21. The highest BCUT2D eigenvalue weighted by Crippen LogP contribution is 2.35. The molecule has 0 radical (unpaired) electrons. The Labute approximate surface area is 131 Å². The lowest BCUT2D eigenvalue weighted by Crippen LogP contribution is -2.55. The number of H-pyrrole nitrogens is 1. The summed E-state index contributed by atoms with van der Waals surface area (Å²) in [6.07, 6.45) is 6.82. The van der Waals surface area contributed by atoms with Crippen molar-refractivity contribution in [3.63, 3.8) is 0 Å². The zero-order valence-corrected chi connectivity index (χ0v) is 12.4. The number of fused-ring (bicyclic) bond motifs is 3. The lowest BCUT2D eigenvalue weighted by Gasteiger charge is -2.42. The van der Waals surface area contributed by atoms with Crippen LogP contribution in [0.2, 0.25) is 0 Å². The normalized spacial score (nSPS) is 16.1. The topological polar surface area (TPSA) is 112 Å². The SMILES string of the molecule is N#CCC(=O)NC1(Cc2nnc3cnc4[nH]ccc4n23)CCC1. The highest BCUT2D eigenvalue weighted by Gasteiger charge is 2.39. The highest BCUT2D eigenvalue weighted by atomic mass is 16.1. The summed E-state index contributed by atoms with van der Waals surface area (Å²) in [5.41, 5.74) is 2.06.